The highest BCUT2D eigenvalue weighted by Gasteiger charge is 2.15. The van der Waals surface area contributed by atoms with Crippen molar-refractivity contribution in [2.45, 2.75) is 20.4 Å². The first-order chi connectivity index (χ1) is 13.4. The van der Waals surface area contributed by atoms with Crippen molar-refractivity contribution in [2.24, 2.45) is 0 Å². The molecule has 0 amide bonds. The lowest BCUT2D eigenvalue weighted by Crippen LogP contribution is -2.25. The van der Waals surface area contributed by atoms with Gasteiger partial charge in [-0.2, -0.15) is 5.10 Å². The van der Waals surface area contributed by atoms with Crippen molar-refractivity contribution in [1.82, 2.24) is 19.3 Å². The Hall–Kier alpha value is -3.25. The van der Waals surface area contributed by atoms with Gasteiger partial charge < -0.3 is 0 Å². The van der Waals surface area contributed by atoms with E-state index in [1.54, 1.807) is 22.9 Å². The summed E-state index contributed by atoms with van der Waals surface area (Å²) in [5, 5.41) is 5.18. The van der Waals surface area contributed by atoms with Gasteiger partial charge in [-0.05, 0) is 43.7 Å². The van der Waals surface area contributed by atoms with Crippen LogP contribution in [0.15, 0.2) is 59.8 Å². The average Bonchev–Trinajstić information content (AvgIpc) is 3.11. The fourth-order valence-corrected chi connectivity index (χ4v) is 3.32. The van der Waals surface area contributed by atoms with E-state index in [4.69, 9.17) is 11.6 Å². The average molecular weight is 393 g/mol. The largest absolute Gasteiger partial charge is 0.292 e. The smallest absolute Gasteiger partial charge is 0.264 e. The van der Waals surface area contributed by atoms with Gasteiger partial charge in [0.15, 0.2) is 11.4 Å². The number of Topliss-reactive ketones (excluding diaryl/α,β-unsaturated/α-hetero) is 1. The van der Waals surface area contributed by atoms with Crippen LogP contribution in [-0.4, -0.2) is 25.1 Å². The molecule has 0 fully saturated rings. The van der Waals surface area contributed by atoms with E-state index in [-0.39, 0.29) is 17.9 Å². The van der Waals surface area contributed by atoms with Crippen molar-refractivity contribution < 1.29 is 4.79 Å². The Morgan fingerprint density at radius 1 is 1.14 bits per heavy atom. The van der Waals surface area contributed by atoms with Gasteiger partial charge in [0, 0.05) is 10.6 Å². The number of hydrogen-bond donors (Lipinski definition) is 0. The van der Waals surface area contributed by atoms with Gasteiger partial charge in [0.1, 0.15) is 11.7 Å². The van der Waals surface area contributed by atoms with Crippen LogP contribution in [-0.2, 0) is 6.54 Å². The van der Waals surface area contributed by atoms with Crippen LogP contribution in [0, 0.1) is 13.8 Å². The van der Waals surface area contributed by atoms with Crippen LogP contribution in [0.3, 0.4) is 0 Å². The van der Waals surface area contributed by atoms with Crippen molar-refractivity contribution in [2.75, 3.05) is 0 Å². The molecule has 2 aromatic heterocycles. The van der Waals surface area contributed by atoms with Gasteiger partial charge in [-0.3, -0.25) is 14.2 Å². The number of hydrogen-bond acceptors (Lipinski definition) is 4. The van der Waals surface area contributed by atoms with E-state index in [1.165, 1.54) is 17.1 Å². The van der Waals surface area contributed by atoms with E-state index in [0.29, 0.717) is 27.3 Å². The number of benzene rings is 2. The normalized spacial score (nSPS) is 11.1. The SMILES string of the molecule is Cc1ccc(C)c(C(=O)Cn2cnc3c(cnn3-c3cccc(Cl)c3)c2=O)c1. The number of carbonyl (C=O) groups excluding carboxylic acids is 1. The maximum Gasteiger partial charge on any atom is 0.264 e. The van der Waals surface area contributed by atoms with Crippen LogP contribution in [0.4, 0.5) is 0 Å². The van der Waals surface area contributed by atoms with Crippen LogP contribution in [0.5, 0.6) is 0 Å². The number of fused-ring (bicyclic) bond motifs is 1. The Balaban J connectivity index is 1.72. The first-order valence-electron chi connectivity index (χ1n) is 8.73. The molecule has 0 saturated heterocycles. The Morgan fingerprint density at radius 2 is 1.96 bits per heavy atom. The van der Waals surface area contributed by atoms with Gasteiger partial charge in [0.2, 0.25) is 0 Å². The van der Waals surface area contributed by atoms with E-state index in [9.17, 15) is 9.59 Å². The molecule has 4 rings (SSSR count). The molecule has 0 aliphatic rings. The molecule has 0 aliphatic heterocycles. The summed E-state index contributed by atoms with van der Waals surface area (Å²) < 4.78 is 2.87. The number of ketones is 1. The van der Waals surface area contributed by atoms with Crippen molar-refractivity contribution in [3.05, 3.63) is 87.1 Å². The summed E-state index contributed by atoms with van der Waals surface area (Å²) in [5.74, 6) is -0.133. The molecule has 2 aromatic carbocycles. The fraction of sp³-hybridized carbons (Fsp3) is 0.143. The molecule has 0 atom stereocenters. The minimum Gasteiger partial charge on any atom is -0.292 e. The summed E-state index contributed by atoms with van der Waals surface area (Å²) in [5.41, 5.74) is 3.31. The lowest BCUT2D eigenvalue weighted by atomic mass is 10.0. The third-order valence-corrected chi connectivity index (χ3v) is 4.85. The van der Waals surface area contributed by atoms with E-state index >= 15 is 0 Å². The Bertz CT molecular complexity index is 1270. The van der Waals surface area contributed by atoms with Gasteiger partial charge in [-0.15, -0.1) is 0 Å². The molecule has 0 aliphatic carbocycles. The van der Waals surface area contributed by atoms with E-state index < -0.39 is 0 Å². The lowest BCUT2D eigenvalue weighted by Gasteiger charge is -2.08. The number of rotatable bonds is 4. The van der Waals surface area contributed by atoms with Gasteiger partial charge in [0.05, 0.1) is 18.4 Å². The second-order valence-electron chi connectivity index (χ2n) is 6.69. The quantitative estimate of drug-likeness (QED) is 0.496. The van der Waals surface area contributed by atoms with Gasteiger partial charge in [-0.1, -0.05) is 35.4 Å². The molecule has 4 aromatic rings. The molecule has 2 heterocycles. The predicted octanol–water partition coefficient (Wildman–Crippen LogP) is 3.74. The maximum absolute atomic E-state index is 12.9. The zero-order valence-electron chi connectivity index (χ0n) is 15.4. The molecule has 0 saturated carbocycles. The van der Waals surface area contributed by atoms with Crippen LogP contribution in [0.2, 0.25) is 5.02 Å². The van der Waals surface area contributed by atoms with Crippen LogP contribution >= 0.6 is 11.6 Å². The highest BCUT2D eigenvalue weighted by atomic mass is 35.5. The summed E-state index contributed by atoms with van der Waals surface area (Å²) in [4.78, 5) is 29.9. The van der Waals surface area contributed by atoms with Crippen molar-refractivity contribution in [3.8, 4) is 5.69 Å². The van der Waals surface area contributed by atoms with E-state index in [1.807, 2.05) is 38.1 Å². The number of halogens is 1. The topological polar surface area (TPSA) is 69.8 Å². The predicted molar refractivity (Wildman–Crippen MR) is 108 cm³/mol. The summed E-state index contributed by atoms with van der Waals surface area (Å²) >= 11 is 6.04. The molecule has 7 heteroatoms. The maximum atomic E-state index is 12.9. The van der Waals surface area contributed by atoms with E-state index in [2.05, 4.69) is 10.1 Å². The summed E-state index contributed by atoms with van der Waals surface area (Å²) in [6, 6.07) is 12.8. The summed E-state index contributed by atoms with van der Waals surface area (Å²) in [6.45, 7) is 3.74. The van der Waals surface area contributed by atoms with Crippen molar-refractivity contribution >= 4 is 28.4 Å². The second kappa shape index (κ2) is 7.05. The molecule has 0 N–H and O–H groups in total. The second-order valence-corrected chi connectivity index (χ2v) is 7.13. The highest BCUT2D eigenvalue weighted by Crippen LogP contribution is 2.18. The molecule has 0 bridgehead atoms. The van der Waals surface area contributed by atoms with Crippen molar-refractivity contribution in [3.63, 3.8) is 0 Å². The Morgan fingerprint density at radius 3 is 2.75 bits per heavy atom. The monoisotopic (exact) mass is 392 g/mol. The third-order valence-electron chi connectivity index (χ3n) is 4.61. The zero-order valence-corrected chi connectivity index (χ0v) is 16.1. The van der Waals surface area contributed by atoms with E-state index in [0.717, 1.165) is 11.1 Å². The molecule has 0 unspecified atom stereocenters. The van der Waals surface area contributed by atoms with Crippen molar-refractivity contribution in [1.29, 1.82) is 0 Å². The number of aromatic nitrogens is 4. The molecule has 6 nitrogen and oxygen atoms in total. The summed E-state index contributed by atoms with van der Waals surface area (Å²) in [7, 11) is 0. The lowest BCUT2D eigenvalue weighted by molar-refractivity contribution is 0.0970. The minimum absolute atomic E-state index is 0.0750. The Labute approximate surface area is 166 Å². The fourth-order valence-electron chi connectivity index (χ4n) is 3.13. The molecule has 0 radical (unpaired) electrons. The van der Waals surface area contributed by atoms with Crippen LogP contribution in [0.25, 0.3) is 16.7 Å². The third kappa shape index (κ3) is 3.23. The highest BCUT2D eigenvalue weighted by molar-refractivity contribution is 6.30. The first-order valence-corrected chi connectivity index (χ1v) is 9.11. The zero-order chi connectivity index (χ0) is 19.8. The summed E-state index contributed by atoms with van der Waals surface area (Å²) in [6.07, 6.45) is 2.85. The van der Waals surface area contributed by atoms with Crippen LogP contribution < -0.4 is 5.56 Å². The number of carbonyl (C=O) groups is 1. The number of nitrogens with zero attached hydrogens (tertiary/aromatic N) is 4. The van der Waals surface area contributed by atoms with Gasteiger partial charge >= 0.3 is 0 Å². The van der Waals surface area contributed by atoms with Gasteiger partial charge in [0.25, 0.3) is 5.56 Å². The standard InChI is InChI=1S/C21H17ClN4O2/c1-13-6-7-14(2)17(8-13)19(27)11-25-12-23-20-18(21(25)28)10-24-26(20)16-5-3-4-15(22)9-16/h3-10,12H,11H2,1-2H3. The molecule has 28 heavy (non-hydrogen) atoms. The molecular formula is C21H17ClN4O2. The van der Waals surface area contributed by atoms with Gasteiger partial charge in [-0.25, -0.2) is 9.67 Å². The Kier molecular flexibility index (Phi) is 4.57. The molecule has 140 valence electrons. The first kappa shape index (κ1) is 18.1. The molecular weight excluding hydrogens is 376 g/mol. The minimum atomic E-state index is -0.308. The number of aryl methyl sites for hydroxylation is 2. The van der Waals surface area contributed by atoms with Crippen LogP contribution in [0.1, 0.15) is 21.5 Å². The molecule has 0 spiro atoms.